The van der Waals surface area contributed by atoms with Crippen molar-refractivity contribution >= 4 is 28.3 Å². The number of nitrogens with one attached hydrogen (secondary N) is 2. The highest BCUT2D eigenvalue weighted by atomic mass is 16.1. The van der Waals surface area contributed by atoms with Gasteiger partial charge in [-0.05, 0) is 41.8 Å². The largest absolute Gasteiger partial charge is 0.361 e. The number of H-pyrrole nitrogens is 1. The summed E-state index contributed by atoms with van der Waals surface area (Å²) < 4.78 is 0. The molecule has 0 saturated carbocycles. The van der Waals surface area contributed by atoms with Crippen molar-refractivity contribution in [2.45, 2.75) is 13.3 Å². The van der Waals surface area contributed by atoms with E-state index in [2.05, 4.69) is 10.3 Å². The Bertz CT molecular complexity index is 1140. The summed E-state index contributed by atoms with van der Waals surface area (Å²) in [7, 11) is 0. The predicted molar refractivity (Wildman–Crippen MR) is 113 cm³/mol. The average Bonchev–Trinajstić information content (AvgIpc) is 3.11. The Balaban J connectivity index is 1.44. The molecular weight excluding hydrogens is 348 g/mol. The number of hydrogen-bond acceptors (Lipinski definition) is 2. The molecule has 0 atom stereocenters. The quantitative estimate of drug-likeness (QED) is 0.475. The zero-order valence-electron chi connectivity index (χ0n) is 15.5. The van der Waals surface area contributed by atoms with E-state index in [1.54, 1.807) is 6.92 Å². The summed E-state index contributed by atoms with van der Waals surface area (Å²) in [5, 5.41) is 4.02. The van der Waals surface area contributed by atoms with Gasteiger partial charge in [0, 0.05) is 28.4 Å². The van der Waals surface area contributed by atoms with Gasteiger partial charge in [0.05, 0.1) is 6.42 Å². The van der Waals surface area contributed by atoms with Gasteiger partial charge in [0.1, 0.15) is 0 Å². The number of anilines is 1. The number of rotatable bonds is 5. The number of ketones is 1. The minimum Gasteiger partial charge on any atom is -0.361 e. The molecule has 0 aliphatic heterocycles. The lowest BCUT2D eigenvalue weighted by Gasteiger charge is -2.07. The molecule has 2 N–H and O–H groups in total. The number of amides is 1. The Labute approximate surface area is 163 Å². The summed E-state index contributed by atoms with van der Waals surface area (Å²) in [5.74, 6) is 0.00289. The third-order valence-corrected chi connectivity index (χ3v) is 4.82. The maximum atomic E-state index is 12.4. The van der Waals surface area contributed by atoms with E-state index in [-0.39, 0.29) is 11.7 Å². The van der Waals surface area contributed by atoms with Crippen molar-refractivity contribution in [2.24, 2.45) is 0 Å². The lowest BCUT2D eigenvalue weighted by molar-refractivity contribution is -0.115. The highest BCUT2D eigenvalue weighted by Gasteiger charge is 2.09. The monoisotopic (exact) mass is 368 g/mol. The highest BCUT2D eigenvalue weighted by Crippen LogP contribution is 2.23. The normalized spacial score (nSPS) is 10.8. The van der Waals surface area contributed by atoms with Crippen molar-refractivity contribution in [1.82, 2.24) is 4.98 Å². The minimum atomic E-state index is -0.0525. The number of benzene rings is 3. The molecular formula is C24H20N2O2. The van der Waals surface area contributed by atoms with Crippen LogP contribution >= 0.6 is 0 Å². The van der Waals surface area contributed by atoms with Crippen molar-refractivity contribution < 1.29 is 9.59 Å². The smallest absolute Gasteiger partial charge is 0.228 e. The predicted octanol–water partition coefficient (Wildman–Crippen LogP) is 5.22. The zero-order valence-corrected chi connectivity index (χ0v) is 15.5. The van der Waals surface area contributed by atoms with Crippen molar-refractivity contribution in [3.05, 3.63) is 90.1 Å². The number of carbonyl (C=O) groups is 2. The Hall–Kier alpha value is -3.66. The van der Waals surface area contributed by atoms with E-state index in [4.69, 9.17) is 0 Å². The minimum absolute atomic E-state index is 0.0525. The van der Waals surface area contributed by atoms with E-state index in [1.165, 1.54) is 0 Å². The van der Waals surface area contributed by atoms with Gasteiger partial charge in [-0.2, -0.15) is 0 Å². The first-order chi connectivity index (χ1) is 13.6. The zero-order chi connectivity index (χ0) is 19.5. The summed E-state index contributed by atoms with van der Waals surface area (Å²) in [6.07, 6.45) is 2.20. The lowest BCUT2D eigenvalue weighted by atomic mass is 10.0. The van der Waals surface area contributed by atoms with Crippen molar-refractivity contribution in [1.29, 1.82) is 0 Å². The number of fused-ring (bicyclic) bond motifs is 1. The highest BCUT2D eigenvalue weighted by molar-refractivity contribution is 5.96. The maximum absolute atomic E-state index is 12.4. The first-order valence-electron chi connectivity index (χ1n) is 9.16. The number of para-hydroxylation sites is 1. The SMILES string of the molecule is CC(=O)c1ccc(-c2ccc(NC(=O)Cc3c[nH]c4ccccc34)cc2)cc1. The lowest BCUT2D eigenvalue weighted by Crippen LogP contribution is -2.14. The van der Waals surface area contributed by atoms with Crippen LogP contribution in [0.25, 0.3) is 22.0 Å². The van der Waals surface area contributed by atoms with Gasteiger partial charge >= 0.3 is 0 Å². The summed E-state index contributed by atoms with van der Waals surface area (Å²) >= 11 is 0. The van der Waals surface area contributed by atoms with Crippen LogP contribution in [0.1, 0.15) is 22.8 Å². The molecule has 4 aromatic rings. The van der Waals surface area contributed by atoms with Gasteiger partial charge < -0.3 is 10.3 Å². The third kappa shape index (κ3) is 3.71. The summed E-state index contributed by atoms with van der Waals surface area (Å²) in [4.78, 5) is 27.0. The summed E-state index contributed by atoms with van der Waals surface area (Å²) in [5.41, 5.74) is 5.53. The molecule has 0 radical (unpaired) electrons. The standard InChI is InChI=1S/C24H20N2O2/c1-16(27)17-6-8-18(9-7-17)19-10-12-21(13-11-19)26-24(28)14-20-15-25-23-5-3-2-4-22(20)23/h2-13,15,25H,14H2,1H3,(H,26,28). The van der Waals surface area contributed by atoms with E-state index in [0.29, 0.717) is 12.0 Å². The summed E-state index contributed by atoms with van der Waals surface area (Å²) in [6, 6.07) is 23.2. The molecule has 138 valence electrons. The molecule has 4 nitrogen and oxygen atoms in total. The average molecular weight is 368 g/mol. The van der Waals surface area contributed by atoms with E-state index in [9.17, 15) is 9.59 Å². The maximum Gasteiger partial charge on any atom is 0.228 e. The molecule has 1 aromatic heterocycles. The van der Waals surface area contributed by atoms with Gasteiger partial charge in [0.15, 0.2) is 5.78 Å². The molecule has 0 unspecified atom stereocenters. The van der Waals surface area contributed by atoms with Crippen LogP contribution in [-0.2, 0) is 11.2 Å². The van der Waals surface area contributed by atoms with Crippen LogP contribution in [-0.4, -0.2) is 16.7 Å². The van der Waals surface area contributed by atoms with Crippen LogP contribution < -0.4 is 5.32 Å². The van der Waals surface area contributed by atoms with Crippen LogP contribution in [0.2, 0.25) is 0 Å². The first kappa shape index (κ1) is 17.7. The Morgan fingerprint density at radius 2 is 1.50 bits per heavy atom. The fraction of sp³-hybridized carbons (Fsp3) is 0.0833. The molecule has 0 bridgehead atoms. The Kier molecular flexibility index (Phi) is 4.77. The number of Topliss-reactive ketones (excluding diaryl/α,β-unsaturated/α-hetero) is 1. The molecule has 0 fully saturated rings. The Morgan fingerprint density at radius 1 is 0.857 bits per heavy atom. The summed E-state index contributed by atoms with van der Waals surface area (Å²) in [6.45, 7) is 1.56. The van der Waals surface area contributed by atoms with Gasteiger partial charge in [-0.1, -0.05) is 54.6 Å². The van der Waals surface area contributed by atoms with Crippen LogP contribution in [0.15, 0.2) is 79.0 Å². The number of aromatic nitrogens is 1. The fourth-order valence-electron chi connectivity index (χ4n) is 3.30. The molecule has 0 aliphatic rings. The van der Waals surface area contributed by atoms with Gasteiger partial charge in [-0.3, -0.25) is 9.59 Å². The molecule has 0 saturated heterocycles. The van der Waals surface area contributed by atoms with Gasteiger partial charge in [-0.15, -0.1) is 0 Å². The van der Waals surface area contributed by atoms with Crippen LogP contribution in [0.3, 0.4) is 0 Å². The van der Waals surface area contributed by atoms with Gasteiger partial charge in [0.2, 0.25) is 5.91 Å². The van der Waals surface area contributed by atoms with E-state index in [1.807, 2.05) is 79.0 Å². The van der Waals surface area contributed by atoms with Crippen molar-refractivity contribution in [2.75, 3.05) is 5.32 Å². The third-order valence-electron chi connectivity index (χ3n) is 4.82. The second kappa shape index (κ2) is 7.53. The number of aromatic amines is 1. The number of hydrogen-bond donors (Lipinski definition) is 2. The molecule has 28 heavy (non-hydrogen) atoms. The van der Waals surface area contributed by atoms with Crippen LogP contribution in [0.5, 0.6) is 0 Å². The number of carbonyl (C=O) groups excluding carboxylic acids is 2. The molecule has 0 spiro atoms. The van der Waals surface area contributed by atoms with E-state index >= 15 is 0 Å². The van der Waals surface area contributed by atoms with E-state index in [0.717, 1.165) is 33.3 Å². The Morgan fingerprint density at radius 3 is 2.18 bits per heavy atom. The van der Waals surface area contributed by atoms with Crippen molar-refractivity contribution in [3.8, 4) is 11.1 Å². The first-order valence-corrected chi connectivity index (χ1v) is 9.16. The molecule has 4 heteroatoms. The second-order valence-electron chi connectivity index (χ2n) is 6.80. The fourth-order valence-corrected chi connectivity index (χ4v) is 3.30. The van der Waals surface area contributed by atoms with Gasteiger partial charge in [0.25, 0.3) is 0 Å². The topological polar surface area (TPSA) is 62.0 Å². The molecule has 3 aromatic carbocycles. The second-order valence-corrected chi connectivity index (χ2v) is 6.80. The van der Waals surface area contributed by atoms with Crippen LogP contribution in [0, 0.1) is 0 Å². The molecule has 4 rings (SSSR count). The van der Waals surface area contributed by atoms with Crippen LogP contribution in [0.4, 0.5) is 5.69 Å². The molecule has 1 amide bonds. The van der Waals surface area contributed by atoms with Gasteiger partial charge in [-0.25, -0.2) is 0 Å². The van der Waals surface area contributed by atoms with Crippen molar-refractivity contribution in [3.63, 3.8) is 0 Å². The molecule has 1 heterocycles. The molecule has 0 aliphatic carbocycles. The van der Waals surface area contributed by atoms with E-state index < -0.39 is 0 Å².